The number of aromatic nitrogens is 1. The highest BCUT2D eigenvalue weighted by Gasteiger charge is 2.20. The monoisotopic (exact) mass is 348 g/mol. The molecule has 1 aromatic rings. The van der Waals surface area contributed by atoms with Crippen molar-refractivity contribution >= 4 is 37.7 Å². The third kappa shape index (κ3) is 2.76. The van der Waals surface area contributed by atoms with Gasteiger partial charge in [0.1, 0.15) is 5.82 Å². The van der Waals surface area contributed by atoms with E-state index in [0.29, 0.717) is 0 Å². The number of alkyl halides is 1. The molecule has 1 unspecified atom stereocenters. The smallest absolute Gasteiger partial charge is 0.128 e. The lowest BCUT2D eigenvalue weighted by Crippen LogP contribution is -2.43. The molecule has 1 aliphatic heterocycles. The van der Waals surface area contributed by atoms with Crippen LogP contribution >= 0.6 is 31.9 Å². The zero-order valence-corrected chi connectivity index (χ0v) is 12.3. The largest absolute Gasteiger partial charge is 0.374 e. The Kier molecular flexibility index (Phi) is 4.21. The zero-order chi connectivity index (χ0) is 11.5. The molecule has 0 aliphatic carbocycles. The van der Waals surface area contributed by atoms with E-state index in [0.717, 1.165) is 35.3 Å². The van der Waals surface area contributed by atoms with Crippen molar-refractivity contribution in [1.29, 1.82) is 0 Å². The molecule has 1 fully saturated rings. The lowest BCUT2D eigenvalue weighted by Gasteiger charge is -2.33. The molecule has 3 nitrogen and oxygen atoms in total. The fourth-order valence-corrected chi connectivity index (χ4v) is 2.33. The summed E-state index contributed by atoms with van der Waals surface area (Å²) >= 11 is 6.92. The molecule has 0 amide bonds. The van der Waals surface area contributed by atoms with E-state index in [4.69, 9.17) is 4.74 Å². The average molecular weight is 350 g/mol. The number of nitrogens with zero attached hydrogens (tertiary/aromatic N) is 2. The minimum absolute atomic E-state index is 0.263. The number of morpholine rings is 1. The maximum atomic E-state index is 5.61. The molecule has 0 saturated carbocycles. The van der Waals surface area contributed by atoms with Crippen LogP contribution < -0.4 is 4.90 Å². The van der Waals surface area contributed by atoms with E-state index in [-0.39, 0.29) is 6.10 Å². The second-order valence-corrected chi connectivity index (χ2v) is 5.39. The Labute approximate surface area is 112 Å². The van der Waals surface area contributed by atoms with Crippen molar-refractivity contribution in [2.24, 2.45) is 0 Å². The first-order valence-corrected chi connectivity index (χ1v) is 7.17. The first-order valence-electron chi connectivity index (χ1n) is 5.25. The quantitative estimate of drug-likeness (QED) is 0.767. The number of hydrogen-bond donors (Lipinski definition) is 0. The third-order valence-corrected chi connectivity index (χ3v) is 4.22. The van der Waals surface area contributed by atoms with Crippen LogP contribution in [-0.4, -0.2) is 36.1 Å². The SMILES string of the molecule is Cc1cc(N2CCOC(CBr)C2)ncc1Br. The van der Waals surface area contributed by atoms with Gasteiger partial charge in [-0.15, -0.1) is 0 Å². The Morgan fingerprint density at radius 2 is 2.44 bits per heavy atom. The fraction of sp³-hybridized carbons (Fsp3) is 0.545. The summed E-state index contributed by atoms with van der Waals surface area (Å²) < 4.78 is 6.66. The van der Waals surface area contributed by atoms with Crippen LogP contribution in [0.25, 0.3) is 0 Å². The van der Waals surface area contributed by atoms with Crippen molar-refractivity contribution in [3.63, 3.8) is 0 Å². The van der Waals surface area contributed by atoms with Crippen LogP contribution in [0.5, 0.6) is 0 Å². The number of ether oxygens (including phenoxy) is 1. The standard InChI is InChI=1S/C11H14Br2N2O/c1-8-4-11(14-6-10(8)13)15-2-3-16-9(5-12)7-15/h4,6,9H,2-3,5,7H2,1H3. The highest BCUT2D eigenvalue weighted by Crippen LogP contribution is 2.21. The summed E-state index contributed by atoms with van der Waals surface area (Å²) in [5.74, 6) is 1.04. The van der Waals surface area contributed by atoms with Crippen LogP contribution in [-0.2, 0) is 4.74 Å². The van der Waals surface area contributed by atoms with E-state index in [1.54, 1.807) is 0 Å². The van der Waals surface area contributed by atoms with Crippen molar-refractivity contribution in [2.75, 3.05) is 29.9 Å². The van der Waals surface area contributed by atoms with Crippen molar-refractivity contribution in [3.05, 3.63) is 22.3 Å². The molecule has 1 aromatic heterocycles. The Bertz CT molecular complexity index is 373. The summed E-state index contributed by atoms with van der Waals surface area (Å²) in [7, 11) is 0. The number of anilines is 1. The number of halogens is 2. The van der Waals surface area contributed by atoms with E-state index in [1.807, 2.05) is 6.20 Å². The Morgan fingerprint density at radius 1 is 1.62 bits per heavy atom. The molecule has 2 heterocycles. The van der Waals surface area contributed by atoms with Gasteiger partial charge in [-0.1, -0.05) is 15.9 Å². The molecule has 16 heavy (non-hydrogen) atoms. The minimum Gasteiger partial charge on any atom is -0.374 e. The van der Waals surface area contributed by atoms with Gasteiger partial charge in [0.2, 0.25) is 0 Å². The van der Waals surface area contributed by atoms with Crippen LogP contribution in [0.1, 0.15) is 5.56 Å². The molecule has 1 aliphatic rings. The van der Waals surface area contributed by atoms with Gasteiger partial charge in [0.15, 0.2) is 0 Å². The van der Waals surface area contributed by atoms with Crippen LogP contribution in [0.4, 0.5) is 5.82 Å². The molecule has 0 spiro atoms. The van der Waals surface area contributed by atoms with Gasteiger partial charge in [-0.3, -0.25) is 0 Å². The number of hydrogen-bond acceptors (Lipinski definition) is 3. The second-order valence-electron chi connectivity index (χ2n) is 3.88. The van der Waals surface area contributed by atoms with Crippen molar-refractivity contribution < 1.29 is 4.74 Å². The number of rotatable bonds is 2. The third-order valence-electron chi connectivity index (χ3n) is 2.67. The van der Waals surface area contributed by atoms with Gasteiger partial charge in [0.25, 0.3) is 0 Å². The lowest BCUT2D eigenvalue weighted by atomic mass is 10.2. The summed E-state index contributed by atoms with van der Waals surface area (Å²) in [5.41, 5.74) is 1.21. The van der Waals surface area contributed by atoms with Crippen LogP contribution in [0, 0.1) is 6.92 Å². The Balaban J connectivity index is 2.13. The molecule has 1 saturated heterocycles. The molecule has 1 atom stereocenters. The average Bonchev–Trinajstić information content (AvgIpc) is 2.33. The van der Waals surface area contributed by atoms with E-state index >= 15 is 0 Å². The molecular weight excluding hydrogens is 336 g/mol. The summed E-state index contributed by atoms with van der Waals surface area (Å²) in [6.45, 7) is 4.67. The summed E-state index contributed by atoms with van der Waals surface area (Å²) in [6, 6.07) is 2.11. The summed E-state index contributed by atoms with van der Waals surface area (Å²) in [6.07, 6.45) is 2.13. The van der Waals surface area contributed by atoms with Gasteiger partial charge in [-0.05, 0) is 34.5 Å². The van der Waals surface area contributed by atoms with Gasteiger partial charge in [-0.25, -0.2) is 4.98 Å². The molecule has 0 bridgehead atoms. The van der Waals surface area contributed by atoms with Gasteiger partial charge in [-0.2, -0.15) is 0 Å². The minimum atomic E-state index is 0.263. The Hall–Kier alpha value is -0.130. The second kappa shape index (κ2) is 5.47. The van der Waals surface area contributed by atoms with Gasteiger partial charge >= 0.3 is 0 Å². The first kappa shape index (κ1) is 12.3. The maximum absolute atomic E-state index is 5.61. The topological polar surface area (TPSA) is 25.4 Å². The van der Waals surface area contributed by atoms with Crippen LogP contribution in [0.2, 0.25) is 0 Å². The fourth-order valence-electron chi connectivity index (χ4n) is 1.72. The molecular formula is C11H14Br2N2O. The predicted octanol–water partition coefficient (Wildman–Crippen LogP) is 2.75. The lowest BCUT2D eigenvalue weighted by molar-refractivity contribution is 0.0568. The molecule has 5 heteroatoms. The van der Waals surface area contributed by atoms with Crippen molar-refractivity contribution in [3.8, 4) is 0 Å². The molecule has 88 valence electrons. The number of aryl methyl sites for hydroxylation is 1. The van der Waals surface area contributed by atoms with Gasteiger partial charge < -0.3 is 9.64 Å². The summed E-state index contributed by atoms with van der Waals surface area (Å²) in [5, 5.41) is 0.874. The number of pyridine rings is 1. The first-order chi connectivity index (χ1) is 7.70. The molecule has 0 aromatic carbocycles. The predicted molar refractivity (Wildman–Crippen MR) is 72.4 cm³/mol. The van der Waals surface area contributed by atoms with Gasteiger partial charge in [0.05, 0.1) is 12.7 Å². The van der Waals surface area contributed by atoms with Crippen molar-refractivity contribution in [2.45, 2.75) is 13.0 Å². The highest BCUT2D eigenvalue weighted by molar-refractivity contribution is 9.10. The van der Waals surface area contributed by atoms with Crippen LogP contribution in [0.3, 0.4) is 0 Å². The molecule has 0 radical (unpaired) electrons. The van der Waals surface area contributed by atoms with E-state index in [9.17, 15) is 0 Å². The van der Waals surface area contributed by atoms with Gasteiger partial charge in [0, 0.05) is 29.1 Å². The normalized spacial score (nSPS) is 21.2. The van der Waals surface area contributed by atoms with Crippen LogP contribution in [0.15, 0.2) is 16.7 Å². The Morgan fingerprint density at radius 3 is 3.12 bits per heavy atom. The van der Waals surface area contributed by atoms with E-state index < -0.39 is 0 Å². The van der Waals surface area contributed by atoms with Crippen molar-refractivity contribution in [1.82, 2.24) is 4.98 Å². The maximum Gasteiger partial charge on any atom is 0.128 e. The van der Waals surface area contributed by atoms with E-state index in [2.05, 4.69) is 54.7 Å². The highest BCUT2D eigenvalue weighted by atomic mass is 79.9. The molecule has 2 rings (SSSR count). The van der Waals surface area contributed by atoms with E-state index in [1.165, 1.54) is 5.56 Å². The molecule has 0 N–H and O–H groups in total. The summed E-state index contributed by atoms with van der Waals surface area (Å²) in [4.78, 5) is 6.71. The zero-order valence-electron chi connectivity index (χ0n) is 9.12.